The van der Waals surface area contributed by atoms with Crippen LogP contribution in [0.25, 0.3) is 0 Å². The molecule has 34 heavy (non-hydrogen) atoms. The molecule has 2 heteroatoms. The second kappa shape index (κ2) is 10.6. The van der Waals surface area contributed by atoms with Crippen LogP contribution in [0.4, 0.5) is 0 Å². The second-order valence-electron chi connectivity index (χ2n) is 13.0. The predicted octanol–water partition coefficient (Wildman–Crippen LogP) is 8.53. The number of allylic oxidation sites excluding steroid dienone is 5. The maximum absolute atomic E-state index is 5.98. The average molecular weight is 469 g/mol. The minimum atomic E-state index is 0.170. The van der Waals surface area contributed by atoms with E-state index in [1.807, 2.05) is 14.2 Å². The average Bonchev–Trinajstić information content (AvgIpc) is 3.52. The maximum atomic E-state index is 5.98. The van der Waals surface area contributed by atoms with E-state index in [0.717, 1.165) is 23.7 Å². The molecule has 0 bridgehead atoms. The Morgan fingerprint density at radius 3 is 2.24 bits per heavy atom. The molecule has 4 rings (SSSR count). The molecule has 0 aromatic carbocycles. The fourth-order valence-corrected chi connectivity index (χ4v) is 8.55. The van der Waals surface area contributed by atoms with Crippen molar-refractivity contribution < 1.29 is 9.47 Å². The van der Waals surface area contributed by atoms with Gasteiger partial charge >= 0.3 is 0 Å². The molecule has 0 heterocycles. The predicted molar refractivity (Wildman–Crippen MR) is 144 cm³/mol. The highest BCUT2D eigenvalue weighted by atomic mass is 16.5. The van der Waals surface area contributed by atoms with E-state index in [0.29, 0.717) is 11.3 Å². The van der Waals surface area contributed by atoms with Crippen molar-refractivity contribution in [3.8, 4) is 0 Å². The maximum Gasteiger partial charge on any atom is 0.0833 e. The summed E-state index contributed by atoms with van der Waals surface area (Å²) in [7, 11) is 3.71. The quantitative estimate of drug-likeness (QED) is 0.332. The Kier molecular flexibility index (Phi) is 8.20. The van der Waals surface area contributed by atoms with Crippen molar-refractivity contribution in [3.05, 3.63) is 35.5 Å². The van der Waals surface area contributed by atoms with Crippen molar-refractivity contribution in [2.75, 3.05) is 14.2 Å². The standard InChI is InChI=1S/C32H52O2/c1-22-19-23(2)21-26(20-22)11-12-27-9-8-16-31(5)28(13-14-29(27)31)24(3)10-15-30(34-7)32(17-18-32)25(4)33-6/h10-12,15,22-25,28-30H,8-9,13-14,16-21H2,1-7H3/b15-10+,27-12+/t22-,23-,24+,25?,28?,29?,30?,31+/m0/s1. The summed E-state index contributed by atoms with van der Waals surface area (Å²) in [5.74, 6) is 3.85. The zero-order valence-corrected chi connectivity index (χ0v) is 23.2. The van der Waals surface area contributed by atoms with Crippen LogP contribution in [-0.4, -0.2) is 26.4 Å². The largest absolute Gasteiger partial charge is 0.381 e. The molecule has 0 saturated heterocycles. The van der Waals surface area contributed by atoms with Gasteiger partial charge in [-0.15, -0.1) is 0 Å². The molecule has 0 amide bonds. The molecule has 0 spiro atoms. The lowest BCUT2D eigenvalue weighted by Gasteiger charge is -2.44. The van der Waals surface area contributed by atoms with E-state index in [2.05, 4.69) is 58.9 Å². The highest BCUT2D eigenvalue weighted by molar-refractivity contribution is 5.26. The van der Waals surface area contributed by atoms with Crippen LogP contribution in [0.5, 0.6) is 0 Å². The Hall–Kier alpha value is -0.860. The van der Waals surface area contributed by atoms with Gasteiger partial charge in [0.1, 0.15) is 0 Å². The molecule has 4 aliphatic rings. The summed E-state index contributed by atoms with van der Waals surface area (Å²) in [4.78, 5) is 0. The van der Waals surface area contributed by atoms with E-state index in [-0.39, 0.29) is 17.6 Å². The molecule has 0 aromatic heterocycles. The number of methoxy groups -OCH3 is 2. The van der Waals surface area contributed by atoms with Crippen LogP contribution in [0.1, 0.15) is 98.8 Å². The normalized spacial score (nSPS) is 39.1. The fraction of sp³-hybridized carbons (Fsp3) is 0.812. The lowest BCUT2D eigenvalue weighted by atomic mass is 9.61. The molecular formula is C32H52O2. The highest BCUT2D eigenvalue weighted by Crippen LogP contribution is 2.60. The van der Waals surface area contributed by atoms with E-state index < -0.39 is 0 Å². The molecule has 0 radical (unpaired) electrons. The summed E-state index contributed by atoms with van der Waals surface area (Å²) in [6.07, 6.45) is 23.7. The summed E-state index contributed by atoms with van der Waals surface area (Å²) in [5.41, 5.74) is 4.08. The van der Waals surface area contributed by atoms with Crippen molar-refractivity contribution >= 4 is 0 Å². The SMILES string of the molecule is COC(C)C1(C(/C=C/[C@@H](C)C2CCC3/C(=C/C=C4C[C@@H](C)C[C@H](C)C4)CCC[C@@]32C)OC)CC1. The van der Waals surface area contributed by atoms with Crippen LogP contribution in [0, 0.1) is 40.4 Å². The van der Waals surface area contributed by atoms with Crippen molar-refractivity contribution in [1.82, 2.24) is 0 Å². The van der Waals surface area contributed by atoms with Gasteiger partial charge in [0, 0.05) is 19.6 Å². The van der Waals surface area contributed by atoms with Crippen molar-refractivity contribution in [1.29, 1.82) is 0 Å². The minimum Gasteiger partial charge on any atom is -0.381 e. The first-order chi connectivity index (χ1) is 16.2. The van der Waals surface area contributed by atoms with Gasteiger partial charge in [-0.25, -0.2) is 0 Å². The van der Waals surface area contributed by atoms with Gasteiger partial charge < -0.3 is 9.47 Å². The number of fused-ring (bicyclic) bond motifs is 1. The highest BCUT2D eigenvalue weighted by Gasteiger charge is 2.54. The second-order valence-corrected chi connectivity index (χ2v) is 13.0. The lowest BCUT2D eigenvalue weighted by molar-refractivity contribution is -0.0198. The Bertz CT molecular complexity index is 775. The number of rotatable bonds is 8. The van der Waals surface area contributed by atoms with Crippen molar-refractivity contribution in [2.45, 2.75) is 111 Å². The van der Waals surface area contributed by atoms with E-state index >= 15 is 0 Å². The smallest absolute Gasteiger partial charge is 0.0833 e. The Labute approximate surface area is 210 Å². The van der Waals surface area contributed by atoms with Crippen molar-refractivity contribution in [2.24, 2.45) is 40.4 Å². The molecule has 4 fully saturated rings. The van der Waals surface area contributed by atoms with Crippen LogP contribution in [0.15, 0.2) is 35.5 Å². The number of ether oxygens (including phenoxy) is 2. The Morgan fingerprint density at radius 1 is 0.912 bits per heavy atom. The number of hydrogen-bond acceptors (Lipinski definition) is 2. The number of hydrogen-bond donors (Lipinski definition) is 0. The minimum absolute atomic E-state index is 0.170. The molecule has 0 aliphatic heterocycles. The molecule has 192 valence electrons. The summed E-state index contributed by atoms with van der Waals surface area (Å²) in [5, 5.41) is 0. The van der Waals surface area contributed by atoms with Gasteiger partial charge in [-0.2, -0.15) is 0 Å². The first-order valence-corrected chi connectivity index (χ1v) is 14.4. The van der Waals surface area contributed by atoms with Crippen LogP contribution < -0.4 is 0 Å². The fourth-order valence-electron chi connectivity index (χ4n) is 8.55. The summed E-state index contributed by atoms with van der Waals surface area (Å²) in [6, 6.07) is 0. The van der Waals surface area contributed by atoms with Gasteiger partial charge in [-0.1, -0.05) is 63.1 Å². The topological polar surface area (TPSA) is 18.5 Å². The Morgan fingerprint density at radius 2 is 1.62 bits per heavy atom. The lowest BCUT2D eigenvalue weighted by Crippen LogP contribution is -2.36. The molecular weight excluding hydrogens is 416 g/mol. The molecule has 4 saturated carbocycles. The summed E-state index contributed by atoms with van der Waals surface area (Å²) >= 11 is 0. The molecule has 4 unspecified atom stereocenters. The van der Waals surface area contributed by atoms with Crippen LogP contribution in [0.2, 0.25) is 0 Å². The molecule has 8 atom stereocenters. The zero-order chi connectivity index (χ0) is 24.5. The van der Waals surface area contributed by atoms with Gasteiger partial charge in [0.05, 0.1) is 12.2 Å². The third kappa shape index (κ3) is 5.15. The molecule has 4 aliphatic carbocycles. The molecule has 2 nitrogen and oxygen atoms in total. The van der Waals surface area contributed by atoms with Crippen LogP contribution >= 0.6 is 0 Å². The molecule has 0 N–H and O–H groups in total. The first kappa shape index (κ1) is 26.2. The van der Waals surface area contributed by atoms with Crippen LogP contribution in [0.3, 0.4) is 0 Å². The zero-order valence-electron chi connectivity index (χ0n) is 23.2. The van der Waals surface area contributed by atoms with E-state index in [9.17, 15) is 0 Å². The van der Waals surface area contributed by atoms with Gasteiger partial charge in [0.2, 0.25) is 0 Å². The van der Waals surface area contributed by atoms with Gasteiger partial charge in [-0.05, 0) is 106 Å². The van der Waals surface area contributed by atoms with Crippen molar-refractivity contribution in [3.63, 3.8) is 0 Å². The van der Waals surface area contributed by atoms with E-state index in [1.165, 1.54) is 64.2 Å². The van der Waals surface area contributed by atoms with Gasteiger partial charge in [0.15, 0.2) is 0 Å². The molecule has 0 aromatic rings. The van der Waals surface area contributed by atoms with E-state index in [1.54, 1.807) is 11.1 Å². The van der Waals surface area contributed by atoms with Gasteiger partial charge in [0.25, 0.3) is 0 Å². The monoisotopic (exact) mass is 468 g/mol. The third-order valence-corrected chi connectivity index (χ3v) is 10.6. The summed E-state index contributed by atoms with van der Waals surface area (Å²) < 4.78 is 11.7. The summed E-state index contributed by atoms with van der Waals surface area (Å²) in [6.45, 7) is 12.2. The third-order valence-electron chi connectivity index (χ3n) is 10.6. The van der Waals surface area contributed by atoms with E-state index in [4.69, 9.17) is 9.47 Å². The van der Waals surface area contributed by atoms with Gasteiger partial charge in [-0.3, -0.25) is 0 Å². The Balaban J connectivity index is 1.45. The first-order valence-electron chi connectivity index (χ1n) is 14.4. The van der Waals surface area contributed by atoms with Crippen LogP contribution in [-0.2, 0) is 9.47 Å².